The van der Waals surface area contributed by atoms with Gasteiger partial charge >= 0.3 is 5.69 Å². The summed E-state index contributed by atoms with van der Waals surface area (Å²) in [4.78, 5) is 14.8. The quantitative estimate of drug-likeness (QED) is 0.219. The van der Waals surface area contributed by atoms with Crippen LogP contribution in [0.5, 0.6) is 11.5 Å². The summed E-state index contributed by atoms with van der Waals surface area (Å²) >= 11 is 0. The van der Waals surface area contributed by atoms with E-state index in [2.05, 4.69) is 51.8 Å². The molecule has 0 spiro atoms. The van der Waals surface area contributed by atoms with Crippen molar-refractivity contribution < 1.29 is 19.7 Å². The van der Waals surface area contributed by atoms with Crippen LogP contribution in [-0.4, -0.2) is 33.3 Å². The van der Waals surface area contributed by atoms with Crippen LogP contribution in [0.1, 0.15) is 45.4 Å². The molecule has 204 valence electrons. The van der Waals surface area contributed by atoms with Gasteiger partial charge in [0.05, 0.1) is 30.8 Å². The van der Waals surface area contributed by atoms with Crippen molar-refractivity contribution in [2.24, 2.45) is 0 Å². The summed E-state index contributed by atoms with van der Waals surface area (Å²) < 4.78 is 13.5. The molecule has 0 fully saturated rings. The summed E-state index contributed by atoms with van der Waals surface area (Å²) in [6.07, 6.45) is 0.965. The molecule has 3 aromatic carbocycles. The highest BCUT2D eigenvalue weighted by Gasteiger charge is 2.30. The van der Waals surface area contributed by atoms with Crippen LogP contribution in [-0.2, 0) is 19.6 Å². The Morgan fingerprint density at radius 2 is 1.95 bits per heavy atom. The second kappa shape index (κ2) is 10.5. The van der Waals surface area contributed by atoms with Gasteiger partial charge in [0.2, 0.25) is 0 Å². The highest BCUT2D eigenvalue weighted by molar-refractivity contribution is 5.86. The predicted molar refractivity (Wildman–Crippen MR) is 152 cm³/mol. The van der Waals surface area contributed by atoms with Crippen LogP contribution in [0.15, 0.2) is 66.7 Å². The zero-order valence-electron chi connectivity index (χ0n) is 22.8. The number of H-pyrrole nitrogens is 1. The van der Waals surface area contributed by atoms with E-state index < -0.39 is 0 Å². The lowest BCUT2D eigenvalue weighted by atomic mass is 9.93. The van der Waals surface area contributed by atoms with Crippen molar-refractivity contribution in [1.29, 1.82) is 0 Å². The maximum atomic E-state index is 11.5. The van der Waals surface area contributed by atoms with Gasteiger partial charge < -0.3 is 19.8 Å². The molecule has 0 amide bonds. The fraction of sp³-hybridized carbons (Fsp3) is 0.258. The van der Waals surface area contributed by atoms with Gasteiger partial charge in [0, 0.05) is 28.5 Å². The number of methoxy groups -OCH3 is 1. The number of benzene rings is 3. The van der Waals surface area contributed by atoms with E-state index in [9.17, 15) is 10.1 Å². The molecule has 40 heavy (non-hydrogen) atoms. The van der Waals surface area contributed by atoms with E-state index in [1.54, 1.807) is 25.6 Å². The number of ether oxygens (including phenoxy) is 2. The van der Waals surface area contributed by atoms with E-state index in [1.165, 1.54) is 16.6 Å². The summed E-state index contributed by atoms with van der Waals surface area (Å²) in [5.41, 5.74) is 7.81. The fourth-order valence-electron chi connectivity index (χ4n) is 5.81. The van der Waals surface area contributed by atoms with Gasteiger partial charge in [-0.25, -0.2) is 0 Å². The Kier molecular flexibility index (Phi) is 6.73. The van der Waals surface area contributed by atoms with Crippen LogP contribution in [0.3, 0.4) is 0 Å². The van der Waals surface area contributed by atoms with Gasteiger partial charge in [-0.05, 0) is 61.4 Å². The van der Waals surface area contributed by atoms with E-state index in [0.717, 1.165) is 46.7 Å². The maximum absolute atomic E-state index is 11.5. The van der Waals surface area contributed by atoms with Crippen molar-refractivity contribution in [3.8, 4) is 11.5 Å². The molecule has 3 N–H and O–H groups in total. The van der Waals surface area contributed by atoms with Crippen LogP contribution < -0.4 is 14.8 Å². The average molecular weight is 539 g/mol. The van der Waals surface area contributed by atoms with Gasteiger partial charge in [-0.2, -0.15) is 5.10 Å². The Morgan fingerprint density at radius 1 is 1.12 bits per heavy atom. The molecule has 1 aliphatic heterocycles. The molecule has 9 nitrogen and oxygen atoms in total. The normalized spacial score (nSPS) is 14.7. The lowest BCUT2D eigenvalue weighted by Crippen LogP contribution is -2.87. The second-order valence-corrected chi connectivity index (χ2v) is 10.3. The van der Waals surface area contributed by atoms with Crippen LogP contribution in [0.4, 0.5) is 5.69 Å². The van der Waals surface area contributed by atoms with Crippen LogP contribution in [0.2, 0.25) is 0 Å². The first kappa shape index (κ1) is 25.6. The molecule has 0 aliphatic carbocycles. The minimum absolute atomic E-state index is 0.0607. The molecule has 1 aliphatic rings. The topological polar surface area (TPSA) is 112 Å². The molecule has 0 radical (unpaired) electrons. The molecule has 0 saturated carbocycles. The van der Waals surface area contributed by atoms with Gasteiger partial charge in [0.25, 0.3) is 0 Å². The Hall–Kier alpha value is -4.63. The third-order valence-electron chi connectivity index (χ3n) is 7.78. The number of hydrogen-bond donors (Lipinski definition) is 2. The van der Waals surface area contributed by atoms with E-state index in [0.29, 0.717) is 24.5 Å². The largest absolute Gasteiger partial charge is 0.496 e. The number of aromatic nitrogens is 3. The van der Waals surface area contributed by atoms with Gasteiger partial charge in [-0.1, -0.05) is 30.3 Å². The lowest BCUT2D eigenvalue weighted by Gasteiger charge is -2.22. The van der Waals surface area contributed by atoms with Crippen molar-refractivity contribution in [1.82, 2.24) is 14.8 Å². The van der Waals surface area contributed by atoms with Gasteiger partial charge in [-0.15, -0.1) is 0 Å². The number of quaternary nitrogens is 1. The first-order chi connectivity index (χ1) is 19.4. The number of aromatic amines is 1. The fourth-order valence-corrected chi connectivity index (χ4v) is 5.81. The number of nitrogens with zero attached hydrogens (tertiary/aromatic N) is 3. The molecule has 3 heterocycles. The molecular weight excluding hydrogens is 506 g/mol. The van der Waals surface area contributed by atoms with Crippen molar-refractivity contribution in [2.75, 3.05) is 13.7 Å². The summed E-state index contributed by atoms with van der Waals surface area (Å²) in [5.74, 6) is 1.59. The standard InChI is InChI=1S/C31H31N5O4/c1-19-31(36(37)38)20(2)35(34-19)17-23-15-22(9-12-28(23)39-3)29-30-25(13-14-32-29)26-16-24(10-11-27(26)33-30)40-18-21-7-5-4-6-8-21/h4-12,15-16,29,32-33H,13-14,17-18H2,1-3H3/p+1. The second-order valence-electron chi connectivity index (χ2n) is 10.3. The number of nitrogens with two attached hydrogens (primary N) is 1. The van der Waals surface area contributed by atoms with E-state index in [1.807, 2.05) is 30.3 Å². The third-order valence-corrected chi connectivity index (χ3v) is 7.78. The summed E-state index contributed by atoms with van der Waals surface area (Å²) in [5, 5.41) is 19.5. The van der Waals surface area contributed by atoms with Crippen molar-refractivity contribution in [3.05, 3.63) is 116 Å². The summed E-state index contributed by atoms with van der Waals surface area (Å²) in [6, 6.07) is 22.7. The molecule has 2 aromatic heterocycles. The highest BCUT2D eigenvalue weighted by atomic mass is 16.6. The minimum Gasteiger partial charge on any atom is -0.496 e. The molecule has 6 rings (SSSR count). The third kappa shape index (κ3) is 4.69. The number of nitrogens with one attached hydrogen (secondary N) is 1. The summed E-state index contributed by atoms with van der Waals surface area (Å²) in [6.45, 7) is 5.28. The molecule has 5 aromatic rings. The molecule has 9 heteroatoms. The SMILES string of the molecule is COc1ccc(C2[NH2+]CCc3c2[nH]c2ccc(OCc4ccccc4)cc32)cc1Cn1nc(C)c([N+](=O)[O-])c1C. The van der Waals surface area contributed by atoms with Gasteiger partial charge in [0.15, 0.2) is 6.04 Å². The van der Waals surface area contributed by atoms with Crippen LogP contribution >= 0.6 is 0 Å². The van der Waals surface area contributed by atoms with E-state index >= 15 is 0 Å². The number of nitro groups is 1. The molecule has 1 unspecified atom stereocenters. The zero-order chi connectivity index (χ0) is 27.8. The Balaban J connectivity index is 1.31. The summed E-state index contributed by atoms with van der Waals surface area (Å²) in [7, 11) is 1.64. The average Bonchev–Trinajstić information content (AvgIpc) is 3.47. The van der Waals surface area contributed by atoms with Gasteiger partial charge in [-0.3, -0.25) is 14.8 Å². The van der Waals surface area contributed by atoms with Crippen molar-refractivity contribution in [3.63, 3.8) is 0 Å². The molecule has 1 atom stereocenters. The number of fused-ring (bicyclic) bond motifs is 3. The zero-order valence-corrected chi connectivity index (χ0v) is 22.8. The van der Waals surface area contributed by atoms with Crippen molar-refractivity contribution >= 4 is 16.6 Å². The smallest absolute Gasteiger partial charge is 0.312 e. The minimum atomic E-state index is -0.367. The number of rotatable bonds is 8. The first-order valence-electron chi connectivity index (χ1n) is 13.4. The van der Waals surface area contributed by atoms with Crippen molar-refractivity contribution in [2.45, 2.75) is 39.5 Å². The predicted octanol–water partition coefficient (Wildman–Crippen LogP) is 4.73. The molecule has 0 saturated heterocycles. The number of hydrogen-bond acceptors (Lipinski definition) is 5. The Morgan fingerprint density at radius 3 is 2.70 bits per heavy atom. The van der Waals surface area contributed by atoms with Crippen LogP contribution in [0.25, 0.3) is 10.9 Å². The Bertz CT molecular complexity index is 1710. The first-order valence-corrected chi connectivity index (χ1v) is 13.4. The maximum Gasteiger partial charge on any atom is 0.312 e. The molecule has 0 bridgehead atoms. The van der Waals surface area contributed by atoms with E-state index in [4.69, 9.17) is 9.47 Å². The highest BCUT2D eigenvalue weighted by Crippen LogP contribution is 2.35. The molecular formula is C31H32N5O4+. The lowest BCUT2D eigenvalue weighted by molar-refractivity contribution is -0.690. The van der Waals surface area contributed by atoms with E-state index in [-0.39, 0.29) is 16.7 Å². The monoisotopic (exact) mass is 538 g/mol. The Labute approximate surface area is 231 Å². The van der Waals surface area contributed by atoms with Gasteiger partial charge in [0.1, 0.15) is 29.5 Å². The van der Waals surface area contributed by atoms with Crippen LogP contribution in [0, 0.1) is 24.0 Å². The number of aryl methyl sites for hydroxylation is 1.